The first-order chi connectivity index (χ1) is 10.0. The molecule has 1 unspecified atom stereocenters. The van der Waals surface area contributed by atoms with Crippen molar-refractivity contribution >= 4 is 21.7 Å². The molecule has 0 spiro atoms. The summed E-state index contributed by atoms with van der Waals surface area (Å²) in [4.78, 5) is 12.1. The highest BCUT2D eigenvalue weighted by Gasteiger charge is 2.05. The highest BCUT2D eigenvalue weighted by atomic mass is 79.9. The van der Waals surface area contributed by atoms with Gasteiger partial charge in [-0.05, 0) is 46.5 Å². The second kappa shape index (κ2) is 7.02. The van der Waals surface area contributed by atoms with Crippen molar-refractivity contribution in [2.24, 2.45) is 0 Å². The zero-order chi connectivity index (χ0) is 15.2. The second-order valence-corrected chi connectivity index (χ2v) is 4.98. The number of rotatable bonds is 3. The van der Waals surface area contributed by atoms with Gasteiger partial charge in [-0.15, -0.1) is 0 Å². The summed E-state index contributed by atoms with van der Waals surface area (Å²) < 4.78 is 6.08. The van der Waals surface area contributed by atoms with Crippen molar-refractivity contribution in [3.8, 4) is 17.7 Å². The van der Waals surface area contributed by atoms with E-state index >= 15 is 0 Å². The van der Waals surface area contributed by atoms with E-state index in [-0.39, 0.29) is 18.3 Å². The minimum Gasteiger partial charge on any atom is -0.470 e. The van der Waals surface area contributed by atoms with E-state index in [9.17, 15) is 0 Å². The highest BCUT2D eigenvalue weighted by molar-refractivity contribution is 9.10. The first-order valence-electron chi connectivity index (χ1n) is 6.10. The molecule has 2 aromatic heterocycles. The zero-order valence-corrected chi connectivity index (χ0v) is 12.8. The number of ether oxygens (including phenoxy) is 1. The van der Waals surface area contributed by atoms with Gasteiger partial charge in [-0.1, -0.05) is 5.92 Å². The molecule has 0 fully saturated rings. The number of anilines is 1. The lowest BCUT2D eigenvalue weighted by atomic mass is 10.2. The summed E-state index contributed by atoms with van der Waals surface area (Å²) in [6, 6.07) is 3.58. The van der Waals surface area contributed by atoms with Gasteiger partial charge in [-0.2, -0.15) is 0 Å². The fourth-order valence-corrected chi connectivity index (χ4v) is 1.69. The van der Waals surface area contributed by atoms with Gasteiger partial charge < -0.3 is 15.6 Å². The van der Waals surface area contributed by atoms with Crippen LogP contribution in [-0.4, -0.2) is 26.2 Å². The third kappa shape index (κ3) is 4.70. The number of halogens is 1. The Balaban J connectivity index is 2.09. The molecule has 0 aliphatic rings. The first kappa shape index (κ1) is 15.2. The number of nitrogens with zero attached hydrogens (tertiary/aromatic N) is 3. The molecule has 0 amide bonds. The fourth-order valence-electron chi connectivity index (χ4n) is 1.43. The van der Waals surface area contributed by atoms with Crippen LogP contribution >= 0.6 is 15.9 Å². The Hall–Kier alpha value is -2.17. The van der Waals surface area contributed by atoms with Crippen LogP contribution in [0.4, 0.5) is 5.82 Å². The van der Waals surface area contributed by atoms with Gasteiger partial charge in [0, 0.05) is 6.20 Å². The minimum absolute atomic E-state index is 0.223. The van der Waals surface area contributed by atoms with Crippen LogP contribution in [0.2, 0.25) is 0 Å². The Morgan fingerprint density at radius 2 is 2.29 bits per heavy atom. The van der Waals surface area contributed by atoms with Gasteiger partial charge in [0.15, 0.2) is 5.82 Å². The van der Waals surface area contributed by atoms with Crippen molar-refractivity contribution in [1.82, 2.24) is 15.0 Å². The molecule has 0 saturated carbocycles. The minimum atomic E-state index is -0.691. The third-order valence-electron chi connectivity index (χ3n) is 2.35. The van der Waals surface area contributed by atoms with Gasteiger partial charge in [0.25, 0.3) is 5.88 Å². The molecule has 0 radical (unpaired) electrons. The lowest BCUT2D eigenvalue weighted by molar-refractivity contribution is 0.253. The molecule has 6 nitrogen and oxygen atoms in total. The monoisotopic (exact) mass is 348 g/mol. The Kier molecular flexibility index (Phi) is 5.09. The van der Waals surface area contributed by atoms with Crippen LogP contribution in [0, 0.1) is 11.8 Å². The van der Waals surface area contributed by atoms with Crippen LogP contribution in [0.5, 0.6) is 5.88 Å². The maximum atomic E-state index is 9.13. The number of hydrogen-bond donors (Lipinski definition) is 2. The largest absolute Gasteiger partial charge is 0.470 e. The maximum absolute atomic E-state index is 9.13. The lowest BCUT2D eigenvalue weighted by Crippen LogP contribution is -2.03. The molecule has 1 atom stereocenters. The van der Waals surface area contributed by atoms with Crippen LogP contribution < -0.4 is 10.5 Å². The number of aliphatic hydroxyl groups excluding tert-OH is 1. The van der Waals surface area contributed by atoms with E-state index < -0.39 is 6.10 Å². The molecule has 2 heterocycles. The molecule has 0 bridgehead atoms. The van der Waals surface area contributed by atoms with Crippen LogP contribution in [-0.2, 0) is 6.61 Å². The molecule has 0 aliphatic carbocycles. The Morgan fingerprint density at radius 1 is 1.48 bits per heavy atom. The number of nitrogens with two attached hydrogens (primary N) is 1. The summed E-state index contributed by atoms with van der Waals surface area (Å²) >= 11 is 3.21. The van der Waals surface area contributed by atoms with Gasteiger partial charge in [-0.3, -0.25) is 0 Å². The van der Waals surface area contributed by atoms with Gasteiger partial charge in [0.1, 0.15) is 23.0 Å². The normalized spacial score (nSPS) is 11.4. The molecular weight excluding hydrogens is 336 g/mol. The average Bonchev–Trinajstić information content (AvgIpc) is 2.46. The predicted octanol–water partition coefficient (Wildman–Crippen LogP) is 1.53. The van der Waals surface area contributed by atoms with Crippen molar-refractivity contribution in [3.63, 3.8) is 0 Å². The van der Waals surface area contributed by atoms with Crippen LogP contribution in [0.1, 0.15) is 18.2 Å². The molecule has 2 rings (SSSR count). The van der Waals surface area contributed by atoms with Crippen LogP contribution in [0.15, 0.2) is 29.1 Å². The summed E-state index contributed by atoms with van der Waals surface area (Å²) in [7, 11) is 0. The SMILES string of the molecule is CC(O)C#Cc1cc(COc2nc(Br)cnc2N)ccn1. The summed E-state index contributed by atoms with van der Waals surface area (Å²) in [5.74, 6) is 5.89. The molecule has 108 valence electrons. The Bertz CT molecular complexity index is 695. The predicted molar refractivity (Wildman–Crippen MR) is 81.3 cm³/mol. The third-order valence-corrected chi connectivity index (χ3v) is 2.73. The number of aromatic nitrogens is 3. The number of aliphatic hydroxyl groups is 1. The van der Waals surface area contributed by atoms with Crippen molar-refractivity contribution in [2.75, 3.05) is 5.73 Å². The molecule has 3 N–H and O–H groups in total. The van der Waals surface area contributed by atoms with Crippen molar-refractivity contribution in [3.05, 3.63) is 40.4 Å². The number of pyridine rings is 1. The smallest absolute Gasteiger partial charge is 0.258 e. The number of nitrogen functional groups attached to an aromatic ring is 1. The highest BCUT2D eigenvalue weighted by Crippen LogP contribution is 2.19. The maximum Gasteiger partial charge on any atom is 0.258 e. The summed E-state index contributed by atoms with van der Waals surface area (Å²) in [5.41, 5.74) is 7.11. The van der Waals surface area contributed by atoms with Crippen molar-refractivity contribution < 1.29 is 9.84 Å². The van der Waals surface area contributed by atoms with E-state index in [0.29, 0.717) is 10.3 Å². The average molecular weight is 349 g/mol. The van der Waals surface area contributed by atoms with Crippen LogP contribution in [0.3, 0.4) is 0 Å². The quantitative estimate of drug-likeness (QED) is 0.817. The van der Waals surface area contributed by atoms with Crippen LogP contribution in [0.25, 0.3) is 0 Å². The van der Waals surface area contributed by atoms with E-state index in [4.69, 9.17) is 15.6 Å². The molecule has 2 aromatic rings. The second-order valence-electron chi connectivity index (χ2n) is 4.17. The Labute approximate surface area is 130 Å². The molecule has 7 heteroatoms. The van der Waals surface area contributed by atoms with Crippen molar-refractivity contribution in [1.29, 1.82) is 0 Å². The van der Waals surface area contributed by atoms with E-state index in [1.54, 1.807) is 25.3 Å². The summed E-state index contributed by atoms with van der Waals surface area (Å²) in [6.45, 7) is 1.86. The standard InChI is InChI=1S/C14H13BrN4O2/c1-9(20)2-3-11-6-10(4-5-17-11)8-21-14-13(16)18-7-12(15)19-14/h4-7,9,20H,8H2,1H3,(H2,16,18). The first-order valence-corrected chi connectivity index (χ1v) is 6.89. The van der Waals surface area contributed by atoms with E-state index in [2.05, 4.69) is 42.7 Å². The van der Waals surface area contributed by atoms with E-state index in [0.717, 1.165) is 5.56 Å². The van der Waals surface area contributed by atoms with E-state index in [1.165, 1.54) is 6.20 Å². The van der Waals surface area contributed by atoms with Gasteiger partial charge in [0.05, 0.1) is 6.20 Å². The lowest BCUT2D eigenvalue weighted by Gasteiger charge is -2.07. The molecule has 0 saturated heterocycles. The molecular formula is C14H13BrN4O2. The number of hydrogen-bond acceptors (Lipinski definition) is 6. The fraction of sp³-hybridized carbons (Fsp3) is 0.214. The van der Waals surface area contributed by atoms with Gasteiger partial charge in [0.2, 0.25) is 0 Å². The Morgan fingerprint density at radius 3 is 3.05 bits per heavy atom. The topological polar surface area (TPSA) is 94.2 Å². The van der Waals surface area contributed by atoms with Gasteiger partial charge in [-0.25, -0.2) is 15.0 Å². The van der Waals surface area contributed by atoms with E-state index in [1.807, 2.05) is 0 Å². The zero-order valence-electron chi connectivity index (χ0n) is 11.2. The molecule has 0 aromatic carbocycles. The summed E-state index contributed by atoms with van der Waals surface area (Å²) in [5, 5.41) is 9.13. The summed E-state index contributed by atoms with van der Waals surface area (Å²) in [6.07, 6.45) is 2.43. The molecule has 21 heavy (non-hydrogen) atoms. The molecule has 0 aliphatic heterocycles. The van der Waals surface area contributed by atoms with Gasteiger partial charge >= 0.3 is 0 Å². The van der Waals surface area contributed by atoms with Crippen molar-refractivity contribution in [2.45, 2.75) is 19.6 Å².